The van der Waals surface area contributed by atoms with Crippen molar-refractivity contribution in [1.29, 1.82) is 0 Å². The number of nitrogens with zero attached hydrogens (tertiary/aromatic N) is 4. The minimum absolute atomic E-state index is 0.665. The number of H-pyrrole nitrogens is 1. The third kappa shape index (κ3) is 2.53. The molecule has 0 fully saturated rings. The van der Waals surface area contributed by atoms with E-state index in [-0.39, 0.29) is 0 Å². The van der Waals surface area contributed by atoms with Crippen molar-refractivity contribution in [1.82, 2.24) is 25.1 Å². The van der Waals surface area contributed by atoms with Crippen molar-refractivity contribution in [2.75, 3.05) is 5.32 Å². The van der Waals surface area contributed by atoms with Crippen molar-refractivity contribution in [2.45, 2.75) is 0 Å². The third-order valence-electron chi connectivity index (χ3n) is 4.24. The molecule has 0 saturated carbocycles. The molecule has 0 aliphatic heterocycles. The average molecular weight is 338 g/mol. The second-order valence-electron chi connectivity index (χ2n) is 5.95. The predicted molar refractivity (Wildman–Crippen MR) is 102 cm³/mol. The van der Waals surface area contributed by atoms with Crippen molar-refractivity contribution in [3.63, 3.8) is 0 Å². The second-order valence-corrected chi connectivity index (χ2v) is 5.95. The minimum atomic E-state index is 0.665. The lowest BCUT2D eigenvalue weighted by Gasteiger charge is -2.11. The van der Waals surface area contributed by atoms with Crippen LogP contribution in [0.2, 0.25) is 0 Å². The molecule has 5 aromatic rings. The summed E-state index contributed by atoms with van der Waals surface area (Å²) < 4.78 is 0. The molecule has 0 bridgehead atoms. The van der Waals surface area contributed by atoms with Crippen LogP contribution in [0.25, 0.3) is 33.2 Å². The highest BCUT2D eigenvalue weighted by Crippen LogP contribution is 2.28. The number of anilines is 2. The number of rotatable bonds is 3. The van der Waals surface area contributed by atoms with Gasteiger partial charge in [0.05, 0.1) is 17.2 Å². The van der Waals surface area contributed by atoms with Gasteiger partial charge in [0.25, 0.3) is 0 Å². The van der Waals surface area contributed by atoms with Crippen LogP contribution in [0.15, 0.2) is 73.2 Å². The molecule has 6 heteroatoms. The Morgan fingerprint density at radius 1 is 0.885 bits per heavy atom. The molecule has 0 unspecified atom stereocenters. The first-order valence-corrected chi connectivity index (χ1v) is 8.24. The highest BCUT2D eigenvalue weighted by molar-refractivity contribution is 5.93. The van der Waals surface area contributed by atoms with E-state index in [2.05, 4.69) is 20.5 Å². The van der Waals surface area contributed by atoms with Crippen LogP contribution >= 0.6 is 0 Å². The number of para-hydroxylation sites is 1. The Balaban J connectivity index is 1.65. The monoisotopic (exact) mass is 338 g/mol. The topological polar surface area (TPSA) is 79.4 Å². The largest absolute Gasteiger partial charge is 0.340 e. The number of pyridine rings is 1. The third-order valence-corrected chi connectivity index (χ3v) is 4.24. The number of aromatic amines is 1. The summed E-state index contributed by atoms with van der Waals surface area (Å²) in [6, 6.07) is 17.8. The van der Waals surface area contributed by atoms with Gasteiger partial charge >= 0.3 is 0 Å². The smallest absolute Gasteiger partial charge is 0.162 e. The van der Waals surface area contributed by atoms with Crippen molar-refractivity contribution in [2.24, 2.45) is 0 Å². The van der Waals surface area contributed by atoms with Crippen LogP contribution in [0.1, 0.15) is 0 Å². The first kappa shape index (κ1) is 14.5. The molecule has 26 heavy (non-hydrogen) atoms. The van der Waals surface area contributed by atoms with E-state index >= 15 is 0 Å². The molecule has 6 nitrogen and oxygen atoms in total. The van der Waals surface area contributed by atoms with Crippen LogP contribution < -0.4 is 5.32 Å². The Labute approximate surface area is 149 Å². The molecule has 5 rings (SSSR count). The maximum atomic E-state index is 4.76. The number of nitrogens with one attached hydrogen (secondary N) is 2. The van der Waals surface area contributed by atoms with E-state index in [4.69, 9.17) is 9.97 Å². The van der Waals surface area contributed by atoms with E-state index in [1.807, 2.05) is 54.6 Å². The van der Waals surface area contributed by atoms with Gasteiger partial charge in [-0.05, 0) is 42.5 Å². The summed E-state index contributed by atoms with van der Waals surface area (Å²) in [5.74, 6) is 1.43. The van der Waals surface area contributed by atoms with E-state index in [0.717, 1.165) is 38.9 Å². The first-order chi connectivity index (χ1) is 12.9. The summed E-state index contributed by atoms with van der Waals surface area (Å²) in [5.41, 5.74) is 3.77. The molecular formula is C20H14N6. The Morgan fingerprint density at radius 3 is 2.69 bits per heavy atom. The van der Waals surface area contributed by atoms with Crippen molar-refractivity contribution < 1.29 is 0 Å². The molecule has 0 radical (unpaired) electrons. The fourth-order valence-corrected chi connectivity index (χ4v) is 2.96. The number of hydrogen-bond donors (Lipinski definition) is 2. The van der Waals surface area contributed by atoms with Crippen molar-refractivity contribution >= 4 is 33.3 Å². The molecule has 3 aromatic heterocycles. The lowest BCUT2D eigenvalue weighted by molar-refractivity contribution is 1.12. The summed E-state index contributed by atoms with van der Waals surface area (Å²) >= 11 is 0. The Kier molecular flexibility index (Phi) is 3.31. The number of aromatic nitrogens is 5. The number of hydrogen-bond acceptors (Lipinski definition) is 5. The normalized spacial score (nSPS) is 11.1. The Hall–Kier alpha value is -3.80. The SMILES string of the molecule is c1ccc2c(Nc3ccc4[nH]ncc4c3)nc(-c3ccncc3)nc2c1. The van der Waals surface area contributed by atoms with Crippen LogP contribution in [0.5, 0.6) is 0 Å². The van der Waals surface area contributed by atoms with Crippen molar-refractivity contribution in [3.05, 3.63) is 73.2 Å². The van der Waals surface area contributed by atoms with Gasteiger partial charge in [-0.2, -0.15) is 5.10 Å². The average Bonchev–Trinajstić information content (AvgIpc) is 3.16. The summed E-state index contributed by atoms with van der Waals surface area (Å²) in [6.07, 6.45) is 5.29. The van der Waals surface area contributed by atoms with Crippen LogP contribution in [-0.2, 0) is 0 Å². The van der Waals surface area contributed by atoms with E-state index in [9.17, 15) is 0 Å². The zero-order chi connectivity index (χ0) is 17.3. The molecule has 0 spiro atoms. The fourth-order valence-electron chi connectivity index (χ4n) is 2.96. The predicted octanol–water partition coefficient (Wildman–Crippen LogP) is 4.31. The molecule has 124 valence electrons. The van der Waals surface area contributed by atoms with Gasteiger partial charge < -0.3 is 5.32 Å². The molecule has 0 amide bonds. The molecule has 0 saturated heterocycles. The van der Waals surface area contributed by atoms with Gasteiger partial charge in [0.1, 0.15) is 5.82 Å². The van der Waals surface area contributed by atoms with Gasteiger partial charge in [-0.3, -0.25) is 10.1 Å². The fraction of sp³-hybridized carbons (Fsp3) is 0. The lowest BCUT2D eigenvalue weighted by atomic mass is 10.2. The standard InChI is InChI=1S/C20H14N6/c1-2-4-18-16(3-1)20(25-19(24-18)13-7-9-21-10-8-13)23-15-5-6-17-14(11-15)12-22-26-17/h1-12H,(H,22,26)(H,23,24,25). The second kappa shape index (κ2) is 5.93. The molecule has 0 aliphatic rings. The van der Waals surface area contributed by atoms with E-state index in [1.54, 1.807) is 18.6 Å². The number of benzene rings is 2. The minimum Gasteiger partial charge on any atom is -0.340 e. The Bertz CT molecular complexity index is 1210. The summed E-state index contributed by atoms with van der Waals surface area (Å²) in [7, 11) is 0. The quantitative estimate of drug-likeness (QED) is 0.512. The summed E-state index contributed by atoms with van der Waals surface area (Å²) in [4.78, 5) is 13.5. The lowest BCUT2D eigenvalue weighted by Crippen LogP contribution is -1.99. The van der Waals surface area contributed by atoms with Crippen LogP contribution in [0.3, 0.4) is 0 Å². The highest BCUT2D eigenvalue weighted by atomic mass is 15.1. The van der Waals surface area contributed by atoms with Crippen LogP contribution in [0, 0.1) is 0 Å². The zero-order valence-electron chi connectivity index (χ0n) is 13.7. The van der Waals surface area contributed by atoms with Crippen LogP contribution in [-0.4, -0.2) is 25.1 Å². The molecule has 2 N–H and O–H groups in total. The van der Waals surface area contributed by atoms with E-state index < -0.39 is 0 Å². The van der Waals surface area contributed by atoms with Gasteiger partial charge in [0, 0.05) is 34.4 Å². The molecule has 2 aromatic carbocycles. The molecule has 0 aliphatic carbocycles. The van der Waals surface area contributed by atoms with Gasteiger partial charge in [0.2, 0.25) is 0 Å². The van der Waals surface area contributed by atoms with E-state index in [0.29, 0.717) is 5.82 Å². The van der Waals surface area contributed by atoms with Gasteiger partial charge in [-0.25, -0.2) is 9.97 Å². The molecule has 3 heterocycles. The van der Waals surface area contributed by atoms with Crippen molar-refractivity contribution in [3.8, 4) is 11.4 Å². The van der Waals surface area contributed by atoms with E-state index in [1.165, 1.54) is 0 Å². The molecular weight excluding hydrogens is 324 g/mol. The summed E-state index contributed by atoms with van der Waals surface area (Å²) in [6.45, 7) is 0. The zero-order valence-corrected chi connectivity index (χ0v) is 13.7. The number of fused-ring (bicyclic) bond motifs is 2. The van der Waals surface area contributed by atoms with Gasteiger partial charge in [0.15, 0.2) is 5.82 Å². The van der Waals surface area contributed by atoms with Gasteiger partial charge in [-0.15, -0.1) is 0 Å². The highest BCUT2D eigenvalue weighted by Gasteiger charge is 2.10. The Morgan fingerprint density at radius 2 is 1.77 bits per heavy atom. The maximum absolute atomic E-state index is 4.76. The first-order valence-electron chi connectivity index (χ1n) is 8.24. The molecule has 0 atom stereocenters. The van der Waals surface area contributed by atoms with Crippen LogP contribution in [0.4, 0.5) is 11.5 Å². The van der Waals surface area contributed by atoms with Gasteiger partial charge in [-0.1, -0.05) is 12.1 Å². The summed E-state index contributed by atoms with van der Waals surface area (Å²) in [5, 5.41) is 12.5. The maximum Gasteiger partial charge on any atom is 0.162 e.